The van der Waals surface area contributed by atoms with Gasteiger partial charge in [0.25, 0.3) is 0 Å². The lowest BCUT2D eigenvalue weighted by Crippen LogP contribution is -3.00. The Balaban J connectivity index is 0.00000112. The number of carbonyl (C=O) groups is 1. The zero-order valence-corrected chi connectivity index (χ0v) is 10.4. The highest BCUT2D eigenvalue weighted by Gasteiger charge is 2.47. The van der Waals surface area contributed by atoms with Gasteiger partial charge in [0.2, 0.25) is 12.3 Å². The number of nitrogens with one attached hydrogen (secondary N) is 4. The smallest absolute Gasteiger partial charge is 0.347 e. The van der Waals surface area contributed by atoms with Gasteiger partial charge in [-0.25, -0.2) is 4.79 Å². The number of aliphatic hydroxyl groups is 1. The van der Waals surface area contributed by atoms with E-state index < -0.39 is 0 Å². The van der Waals surface area contributed by atoms with Gasteiger partial charge < -0.3 is 34.4 Å². The highest BCUT2D eigenvalue weighted by molar-refractivity contribution is 5.84. The van der Waals surface area contributed by atoms with Crippen LogP contribution in [0.3, 0.4) is 0 Å². The molecule has 0 spiro atoms. The summed E-state index contributed by atoms with van der Waals surface area (Å²) < 4.78 is 0. The van der Waals surface area contributed by atoms with Gasteiger partial charge in [-0.1, -0.05) is 0 Å². The maximum atomic E-state index is 11.2. The number of halogens is 1. The normalized spacial score (nSPS) is 30.4. The Kier molecular flexibility index (Phi) is 3.97. The minimum absolute atomic E-state index is 0. The Morgan fingerprint density at radius 2 is 2.20 bits per heavy atom. The van der Waals surface area contributed by atoms with E-state index in [0.29, 0.717) is 6.54 Å². The largest absolute Gasteiger partial charge is 1.00 e. The summed E-state index contributed by atoms with van der Waals surface area (Å²) in [5.41, 5.74) is 0. The fourth-order valence-electron chi connectivity index (χ4n) is 1.59. The first kappa shape index (κ1) is 12.3. The predicted octanol–water partition coefficient (Wildman–Crippen LogP) is -7.08. The number of fused-ring (bicyclic) bond motifs is 1. The number of aliphatic hydroxyl groups excluding tert-OH is 1. The average molecular weight is 327 g/mol. The second-order valence-corrected chi connectivity index (χ2v) is 3.30. The molecule has 2 aliphatic heterocycles. The van der Waals surface area contributed by atoms with Gasteiger partial charge in [0, 0.05) is 7.05 Å². The van der Waals surface area contributed by atoms with Gasteiger partial charge in [-0.2, -0.15) is 0 Å². The van der Waals surface area contributed by atoms with Gasteiger partial charge in [0.1, 0.15) is 0 Å². The molecule has 2 saturated heterocycles. The van der Waals surface area contributed by atoms with Crippen LogP contribution in [0.25, 0.3) is 0 Å². The molecule has 2 heterocycles. The first-order valence-corrected chi connectivity index (χ1v) is 4.50. The van der Waals surface area contributed by atoms with Crippen molar-refractivity contribution in [2.24, 2.45) is 0 Å². The lowest BCUT2D eigenvalue weighted by molar-refractivity contribution is -0.464. The summed E-state index contributed by atoms with van der Waals surface area (Å²) in [7, 11) is 1.73. The summed E-state index contributed by atoms with van der Waals surface area (Å²) in [5.74, 6) is 0.737. The summed E-state index contributed by atoms with van der Waals surface area (Å²) in [6, 6.07) is -0.0961. The highest BCUT2D eigenvalue weighted by atomic mass is 127. The molecule has 0 bridgehead atoms. The van der Waals surface area contributed by atoms with E-state index in [9.17, 15) is 4.79 Å². The van der Waals surface area contributed by atoms with Crippen molar-refractivity contribution in [3.8, 4) is 0 Å². The second kappa shape index (κ2) is 4.84. The van der Waals surface area contributed by atoms with E-state index in [-0.39, 0.29) is 48.9 Å². The molecule has 86 valence electrons. The van der Waals surface area contributed by atoms with Gasteiger partial charge in [-0.05, 0) is 0 Å². The topological polar surface area (TPSA) is 90.6 Å². The Morgan fingerprint density at radius 1 is 1.47 bits per heavy atom. The molecular formula is C7H14IN5O2. The Hall–Kier alpha value is -0.770. The molecule has 0 aromatic heterocycles. The van der Waals surface area contributed by atoms with Crippen LogP contribution >= 0.6 is 0 Å². The van der Waals surface area contributed by atoms with Crippen molar-refractivity contribution in [3.63, 3.8) is 0 Å². The molecule has 2 fully saturated rings. The zero-order chi connectivity index (χ0) is 10.1. The first-order chi connectivity index (χ1) is 6.72. The summed E-state index contributed by atoms with van der Waals surface area (Å²) >= 11 is 0. The van der Waals surface area contributed by atoms with Crippen LogP contribution < -0.4 is 44.9 Å². The van der Waals surface area contributed by atoms with E-state index >= 15 is 0 Å². The van der Waals surface area contributed by atoms with Crippen molar-refractivity contribution in [3.05, 3.63) is 0 Å². The molecule has 0 aliphatic carbocycles. The van der Waals surface area contributed by atoms with Gasteiger partial charge in [0.15, 0.2) is 0 Å². The van der Waals surface area contributed by atoms with Crippen molar-refractivity contribution in [1.82, 2.24) is 20.9 Å². The molecular weight excluding hydrogens is 313 g/mol. The Bertz CT molecular complexity index is 285. The maximum Gasteiger partial charge on any atom is 0.347 e. The van der Waals surface area contributed by atoms with E-state index in [2.05, 4.69) is 20.9 Å². The van der Waals surface area contributed by atoms with Crippen molar-refractivity contribution >= 4 is 12.0 Å². The minimum atomic E-state index is -0.103. The monoisotopic (exact) mass is 327 g/mol. The van der Waals surface area contributed by atoms with Gasteiger partial charge >= 0.3 is 12.0 Å². The SMILES string of the molecule is CN1C(=O)NC2NC(=[NH+]CCO)NC21.[I-]. The van der Waals surface area contributed by atoms with Crippen LogP contribution in [0.2, 0.25) is 0 Å². The van der Waals surface area contributed by atoms with Crippen LogP contribution in [0.5, 0.6) is 0 Å². The number of carbonyl (C=O) groups excluding carboxylic acids is 1. The van der Waals surface area contributed by atoms with E-state index in [0.717, 1.165) is 5.96 Å². The quantitative estimate of drug-likeness (QED) is 0.326. The molecule has 2 aliphatic rings. The van der Waals surface area contributed by atoms with Crippen LogP contribution in [0.4, 0.5) is 4.79 Å². The number of hydrogen-bond acceptors (Lipinski definition) is 2. The third-order valence-corrected chi connectivity index (χ3v) is 2.34. The third kappa shape index (κ3) is 2.25. The van der Waals surface area contributed by atoms with Crippen molar-refractivity contribution in [2.75, 3.05) is 20.2 Å². The molecule has 5 N–H and O–H groups in total. The summed E-state index contributed by atoms with van der Waals surface area (Å²) in [5, 5.41) is 17.5. The van der Waals surface area contributed by atoms with Crippen LogP contribution in [-0.2, 0) is 0 Å². The molecule has 15 heavy (non-hydrogen) atoms. The molecule has 2 rings (SSSR count). The second-order valence-electron chi connectivity index (χ2n) is 3.30. The first-order valence-electron chi connectivity index (χ1n) is 4.50. The average Bonchev–Trinajstić information content (AvgIpc) is 2.66. The van der Waals surface area contributed by atoms with Crippen LogP contribution in [-0.4, -0.2) is 54.5 Å². The fraction of sp³-hybridized carbons (Fsp3) is 0.714. The molecule has 2 atom stereocenters. The molecule has 0 saturated carbocycles. The molecule has 2 amide bonds. The molecule has 7 nitrogen and oxygen atoms in total. The van der Waals surface area contributed by atoms with E-state index in [1.165, 1.54) is 0 Å². The predicted molar refractivity (Wildman–Crippen MR) is 48.1 cm³/mol. The molecule has 0 aromatic carbocycles. The van der Waals surface area contributed by atoms with Crippen LogP contribution in [0, 0.1) is 0 Å². The maximum absolute atomic E-state index is 11.2. The standard InChI is InChI=1S/C7H13N5O2.HI/c1-12-5-4(10-7(12)14)9-6(11-5)8-2-3-13;/h4-5,13H,2-3H2,1H3,(H,10,14)(H2,8,9,11);1H. The zero-order valence-electron chi connectivity index (χ0n) is 8.25. The number of urea groups is 1. The van der Waals surface area contributed by atoms with Crippen molar-refractivity contribution < 1.29 is 38.9 Å². The van der Waals surface area contributed by atoms with Crippen molar-refractivity contribution in [1.29, 1.82) is 0 Å². The van der Waals surface area contributed by atoms with Crippen LogP contribution in [0.1, 0.15) is 0 Å². The van der Waals surface area contributed by atoms with Crippen molar-refractivity contribution in [2.45, 2.75) is 12.3 Å². The van der Waals surface area contributed by atoms with Gasteiger partial charge in [-0.3, -0.25) is 20.5 Å². The molecule has 2 unspecified atom stereocenters. The Morgan fingerprint density at radius 3 is 2.80 bits per heavy atom. The van der Waals surface area contributed by atoms with E-state index in [1.807, 2.05) is 0 Å². The fourth-order valence-corrected chi connectivity index (χ4v) is 1.59. The Labute approximate surface area is 104 Å². The van der Waals surface area contributed by atoms with E-state index in [1.54, 1.807) is 11.9 Å². The highest BCUT2D eigenvalue weighted by Crippen LogP contribution is 2.09. The number of hydrogen-bond donors (Lipinski definition) is 5. The molecule has 0 radical (unpaired) electrons. The van der Waals surface area contributed by atoms with E-state index in [4.69, 9.17) is 5.11 Å². The lowest BCUT2D eigenvalue weighted by Gasteiger charge is -2.11. The third-order valence-electron chi connectivity index (χ3n) is 2.34. The number of rotatable bonds is 2. The molecule has 8 heteroatoms. The lowest BCUT2D eigenvalue weighted by atomic mass is 10.4. The molecule has 0 aromatic rings. The summed E-state index contributed by atoms with van der Waals surface area (Å²) in [6.07, 6.45) is -0.169. The number of amides is 2. The van der Waals surface area contributed by atoms with Gasteiger partial charge in [-0.15, -0.1) is 0 Å². The van der Waals surface area contributed by atoms with Crippen LogP contribution in [0.15, 0.2) is 0 Å². The number of guanidine groups is 1. The minimum Gasteiger partial charge on any atom is -1.00 e. The van der Waals surface area contributed by atoms with Gasteiger partial charge in [0.05, 0.1) is 13.2 Å². The number of likely N-dealkylation sites (N-methyl/N-ethyl adjacent to an activating group) is 1. The summed E-state index contributed by atoms with van der Waals surface area (Å²) in [4.78, 5) is 15.7. The number of nitrogens with zero attached hydrogens (tertiary/aromatic N) is 1. The summed E-state index contributed by atoms with van der Waals surface area (Å²) in [6.45, 7) is 0.552.